The first-order chi connectivity index (χ1) is 15.7. The summed E-state index contributed by atoms with van der Waals surface area (Å²) in [7, 11) is 0. The van der Waals surface area contributed by atoms with Gasteiger partial charge >= 0.3 is 12.3 Å². The molecule has 33 heavy (non-hydrogen) atoms. The number of carbonyl (C=O) groups excluding carboxylic acids is 2. The van der Waals surface area contributed by atoms with E-state index in [0.717, 1.165) is 57.7 Å². The number of alkyl carbamates (subject to hydrolysis) is 1. The zero-order chi connectivity index (χ0) is 23.8. The van der Waals surface area contributed by atoms with Gasteiger partial charge in [-0.15, -0.1) is 0 Å². The maximum absolute atomic E-state index is 13.5. The predicted molar refractivity (Wildman–Crippen MR) is 114 cm³/mol. The van der Waals surface area contributed by atoms with Crippen molar-refractivity contribution in [1.29, 1.82) is 0 Å². The van der Waals surface area contributed by atoms with E-state index in [1.165, 1.54) is 6.42 Å². The summed E-state index contributed by atoms with van der Waals surface area (Å²) >= 11 is 0. The van der Waals surface area contributed by atoms with Gasteiger partial charge < -0.3 is 15.4 Å². The molecule has 0 bridgehead atoms. The SMILES string of the molecule is O=C(NC1CCCCC1)OCCN1CCC(CNC(=O)c2cc(F)cc(C(F)(F)F)c2)CC1. The Morgan fingerprint density at radius 1 is 1.03 bits per heavy atom. The molecule has 1 aromatic carbocycles. The summed E-state index contributed by atoms with van der Waals surface area (Å²) in [6.07, 6.45) is 2.00. The summed E-state index contributed by atoms with van der Waals surface area (Å²) in [5, 5.41) is 5.53. The lowest BCUT2D eigenvalue weighted by Gasteiger charge is -2.31. The van der Waals surface area contributed by atoms with Gasteiger partial charge in [-0.1, -0.05) is 19.3 Å². The summed E-state index contributed by atoms with van der Waals surface area (Å²) < 4.78 is 57.3. The molecule has 2 fully saturated rings. The van der Waals surface area contributed by atoms with Gasteiger partial charge in [-0.05, 0) is 62.9 Å². The van der Waals surface area contributed by atoms with Gasteiger partial charge in [0.15, 0.2) is 0 Å². The molecular weight excluding hydrogens is 442 g/mol. The first-order valence-electron chi connectivity index (χ1n) is 11.5. The third-order valence-electron chi connectivity index (χ3n) is 6.31. The van der Waals surface area contributed by atoms with Crippen LogP contribution in [0, 0.1) is 11.7 Å². The van der Waals surface area contributed by atoms with Gasteiger partial charge in [0.25, 0.3) is 5.91 Å². The van der Waals surface area contributed by atoms with Crippen LogP contribution < -0.4 is 10.6 Å². The van der Waals surface area contributed by atoms with Gasteiger partial charge in [0, 0.05) is 24.7 Å². The minimum atomic E-state index is -4.72. The molecule has 1 heterocycles. The molecule has 0 atom stereocenters. The lowest BCUT2D eigenvalue weighted by Crippen LogP contribution is -2.41. The van der Waals surface area contributed by atoms with Crippen molar-refractivity contribution in [3.8, 4) is 0 Å². The van der Waals surface area contributed by atoms with E-state index in [4.69, 9.17) is 4.74 Å². The van der Waals surface area contributed by atoms with Crippen LogP contribution in [0.1, 0.15) is 60.9 Å². The molecular formula is C23H31F4N3O3. The molecule has 2 N–H and O–H groups in total. The number of ether oxygens (including phenoxy) is 1. The molecule has 1 aliphatic carbocycles. The lowest BCUT2D eigenvalue weighted by atomic mass is 9.96. The number of hydrogen-bond acceptors (Lipinski definition) is 4. The van der Waals surface area contributed by atoms with Crippen molar-refractivity contribution in [3.05, 3.63) is 35.1 Å². The maximum Gasteiger partial charge on any atom is 0.416 e. The Morgan fingerprint density at radius 2 is 1.73 bits per heavy atom. The topological polar surface area (TPSA) is 70.7 Å². The van der Waals surface area contributed by atoms with E-state index in [2.05, 4.69) is 15.5 Å². The molecule has 1 saturated carbocycles. The third kappa shape index (κ3) is 8.17. The van der Waals surface area contributed by atoms with Crippen molar-refractivity contribution in [2.45, 2.75) is 57.2 Å². The van der Waals surface area contributed by atoms with E-state index in [1.54, 1.807) is 0 Å². The zero-order valence-corrected chi connectivity index (χ0v) is 18.6. The fraction of sp³-hybridized carbons (Fsp3) is 0.652. The van der Waals surface area contributed by atoms with Gasteiger partial charge in [-0.3, -0.25) is 9.69 Å². The zero-order valence-electron chi connectivity index (χ0n) is 18.6. The number of rotatable bonds is 7. The average Bonchev–Trinajstić information content (AvgIpc) is 2.78. The molecule has 1 aromatic rings. The highest BCUT2D eigenvalue weighted by Gasteiger charge is 2.32. The Bertz CT molecular complexity index is 805. The summed E-state index contributed by atoms with van der Waals surface area (Å²) in [5.74, 6) is -1.64. The molecule has 0 radical (unpaired) electrons. The van der Waals surface area contributed by atoms with E-state index in [-0.39, 0.29) is 23.6 Å². The van der Waals surface area contributed by atoms with E-state index < -0.39 is 23.5 Å². The second-order valence-corrected chi connectivity index (χ2v) is 8.84. The minimum absolute atomic E-state index is 0.177. The van der Waals surface area contributed by atoms with Crippen LogP contribution in [0.3, 0.4) is 0 Å². The number of benzene rings is 1. The van der Waals surface area contributed by atoms with E-state index in [0.29, 0.717) is 31.8 Å². The van der Waals surface area contributed by atoms with Crippen LogP contribution in [0.25, 0.3) is 0 Å². The Kier molecular flexibility index (Phi) is 8.94. The quantitative estimate of drug-likeness (QED) is 0.578. The Labute approximate surface area is 191 Å². The van der Waals surface area contributed by atoms with Crippen LogP contribution in [0.4, 0.5) is 22.4 Å². The second-order valence-electron chi connectivity index (χ2n) is 8.84. The first-order valence-corrected chi connectivity index (χ1v) is 11.5. The number of halogens is 4. The molecule has 6 nitrogen and oxygen atoms in total. The highest BCUT2D eigenvalue weighted by Crippen LogP contribution is 2.30. The molecule has 0 unspecified atom stereocenters. The third-order valence-corrected chi connectivity index (χ3v) is 6.31. The Balaban J connectivity index is 1.33. The number of alkyl halides is 3. The number of carbonyl (C=O) groups is 2. The van der Waals surface area contributed by atoms with Gasteiger partial charge in [0.2, 0.25) is 0 Å². The molecule has 2 amide bonds. The number of piperidine rings is 1. The van der Waals surface area contributed by atoms with Crippen molar-refractivity contribution in [3.63, 3.8) is 0 Å². The largest absolute Gasteiger partial charge is 0.448 e. The van der Waals surface area contributed by atoms with Gasteiger partial charge in [0.05, 0.1) is 5.56 Å². The van der Waals surface area contributed by atoms with Gasteiger partial charge in [-0.25, -0.2) is 9.18 Å². The molecule has 1 saturated heterocycles. The predicted octanol–water partition coefficient (Wildman–Crippen LogP) is 4.35. The number of nitrogens with one attached hydrogen (secondary N) is 2. The van der Waals surface area contributed by atoms with Crippen LogP contribution in [0.5, 0.6) is 0 Å². The van der Waals surface area contributed by atoms with Crippen molar-refractivity contribution >= 4 is 12.0 Å². The Morgan fingerprint density at radius 3 is 2.39 bits per heavy atom. The van der Waals surface area contributed by atoms with Crippen LogP contribution in [-0.2, 0) is 10.9 Å². The van der Waals surface area contributed by atoms with E-state index in [9.17, 15) is 27.2 Å². The highest BCUT2D eigenvalue weighted by molar-refractivity contribution is 5.94. The van der Waals surface area contributed by atoms with Crippen LogP contribution in [0.2, 0.25) is 0 Å². The maximum atomic E-state index is 13.5. The molecule has 1 aliphatic heterocycles. The molecule has 10 heteroatoms. The fourth-order valence-electron chi connectivity index (χ4n) is 4.36. The van der Waals surface area contributed by atoms with E-state index >= 15 is 0 Å². The standard InChI is InChI=1S/C23H31F4N3O3/c24-19-13-17(12-18(14-19)23(25,26)27)21(31)28-15-16-6-8-30(9-7-16)10-11-33-22(32)29-20-4-2-1-3-5-20/h12-14,16,20H,1-11,15H2,(H,28,31)(H,29,32). The average molecular weight is 474 g/mol. The smallest absolute Gasteiger partial charge is 0.416 e. The normalized spacial score (nSPS) is 18.7. The molecule has 0 aromatic heterocycles. The van der Waals surface area contributed by atoms with E-state index in [1.807, 2.05) is 0 Å². The van der Waals surface area contributed by atoms with Crippen LogP contribution in [-0.4, -0.2) is 55.7 Å². The number of amides is 2. The van der Waals surface area contributed by atoms with Crippen molar-refractivity contribution in [2.24, 2.45) is 5.92 Å². The summed E-state index contributed by atoms with van der Waals surface area (Å²) in [6.45, 7) is 2.78. The van der Waals surface area contributed by atoms with Crippen LogP contribution >= 0.6 is 0 Å². The number of likely N-dealkylation sites (tertiary alicyclic amines) is 1. The summed E-state index contributed by atoms with van der Waals surface area (Å²) in [6, 6.07) is 2.04. The lowest BCUT2D eigenvalue weighted by molar-refractivity contribution is -0.137. The minimum Gasteiger partial charge on any atom is -0.448 e. The molecule has 184 valence electrons. The van der Waals surface area contributed by atoms with Crippen molar-refractivity contribution in [1.82, 2.24) is 15.5 Å². The molecule has 2 aliphatic rings. The monoisotopic (exact) mass is 473 g/mol. The number of nitrogens with zero attached hydrogens (tertiary/aromatic N) is 1. The summed E-state index contributed by atoms with van der Waals surface area (Å²) in [4.78, 5) is 26.3. The highest BCUT2D eigenvalue weighted by atomic mass is 19.4. The van der Waals surface area contributed by atoms with Gasteiger partial charge in [0.1, 0.15) is 12.4 Å². The number of hydrogen-bond donors (Lipinski definition) is 2. The van der Waals surface area contributed by atoms with Crippen molar-refractivity contribution < 1.29 is 31.9 Å². The Hall–Kier alpha value is -2.36. The first kappa shape index (κ1) is 25.3. The molecule has 3 rings (SSSR count). The molecule has 0 spiro atoms. The van der Waals surface area contributed by atoms with Crippen LogP contribution in [0.15, 0.2) is 18.2 Å². The van der Waals surface area contributed by atoms with Crippen molar-refractivity contribution in [2.75, 3.05) is 32.8 Å². The fourth-order valence-corrected chi connectivity index (χ4v) is 4.36. The summed E-state index contributed by atoms with van der Waals surface area (Å²) in [5.41, 5.74) is -1.53. The second kappa shape index (κ2) is 11.7. The van der Waals surface area contributed by atoms with Gasteiger partial charge in [-0.2, -0.15) is 13.2 Å².